The molecule has 0 saturated carbocycles. The quantitative estimate of drug-likeness (QED) is 0.334. The second-order valence-corrected chi connectivity index (χ2v) is 9.50. The predicted octanol–water partition coefficient (Wildman–Crippen LogP) is 6.09. The van der Waals surface area contributed by atoms with E-state index in [1.807, 2.05) is 4.72 Å². The van der Waals surface area contributed by atoms with Gasteiger partial charge in [0.05, 0.1) is 33.5 Å². The van der Waals surface area contributed by atoms with Crippen molar-refractivity contribution < 1.29 is 31.1 Å². The topological polar surface area (TPSA) is 111 Å². The number of benzene rings is 3. The van der Waals surface area contributed by atoms with E-state index in [1.165, 1.54) is 6.07 Å². The first-order valence-corrected chi connectivity index (χ1v) is 12.0. The number of alkyl halides is 3. The number of nitrogens with one attached hydrogen (secondary N) is 2. The van der Waals surface area contributed by atoms with Crippen molar-refractivity contribution in [2.24, 2.45) is 0 Å². The number of sulfonamides is 1. The van der Waals surface area contributed by atoms with E-state index in [2.05, 4.69) is 10.1 Å². The standard InChI is InChI=1S/C23H21ClF3N3O4S/c1-3-34-22(31)30-35(32,33)21-9-4-13(2)10-16(21)14-5-7-15(8-6-14)29-20-12-18(24)17(11-19(20)28)23(25,26)27/h4-12,29H,3,28H2,1-2H3,(H,30,31). The minimum Gasteiger partial charge on any atom is -0.449 e. The highest BCUT2D eigenvalue weighted by Gasteiger charge is 2.34. The van der Waals surface area contributed by atoms with Gasteiger partial charge in [-0.25, -0.2) is 17.9 Å². The van der Waals surface area contributed by atoms with Gasteiger partial charge in [0.1, 0.15) is 0 Å². The summed E-state index contributed by atoms with van der Waals surface area (Å²) in [6.07, 6.45) is -5.73. The van der Waals surface area contributed by atoms with E-state index < -0.39 is 32.9 Å². The van der Waals surface area contributed by atoms with Crippen molar-refractivity contribution in [3.63, 3.8) is 0 Å². The van der Waals surface area contributed by atoms with Crippen LogP contribution in [0.4, 0.5) is 35.0 Å². The maximum Gasteiger partial charge on any atom is 0.421 e. The Balaban J connectivity index is 1.92. The van der Waals surface area contributed by atoms with Gasteiger partial charge in [-0.05, 0) is 49.7 Å². The van der Waals surface area contributed by atoms with E-state index in [9.17, 15) is 26.4 Å². The number of amides is 1. The third-order valence-corrected chi connectivity index (χ3v) is 6.52. The number of carbonyl (C=O) groups is 1. The van der Waals surface area contributed by atoms with E-state index in [0.717, 1.165) is 17.7 Å². The molecule has 3 rings (SSSR count). The van der Waals surface area contributed by atoms with Crippen molar-refractivity contribution in [2.75, 3.05) is 17.7 Å². The van der Waals surface area contributed by atoms with Crippen LogP contribution in [0.3, 0.4) is 0 Å². The normalized spacial score (nSPS) is 11.7. The van der Waals surface area contributed by atoms with Crippen LogP contribution in [0.5, 0.6) is 0 Å². The van der Waals surface area contributed by atoms with Crippen molar-refractivity contribution in [2.45, 2.75) is 24.9 Å². The molecule has 0 atom stereocenters. The van der Waals surface area contributed by atoms with E-state index in [-0.39, 0.29) is 22.9 Å². The summed E-state index contributed by atoms with van der Waals surface area (Å²) in [4.78, 5) is 11.6. The Morgan fingerprint density at radius 1 is 1.09 bits per heavy atom. The second-order valence-electron chi connectivity index (χ2n) is 7.44. The Morgan fingerprint density at radius 3 is 2.34 bits per heavy atom. The highest BCUT2D eigenvalue weighted by Crippen LogP contribution is 2.39. The van der Waals surface area contributed by atoms with Crippen molar-refractivity contribution in [1.82, 2.24) is 4.72 Å². The van der Waals surface area contributed by atoms with E-state index in [4.69, 9.17) is 17.3 Å². The molecular formula is C23H21ClF3N3O4S. The molecule has 35 heavy (non-hydrogen) atoms. The minimum atomic E-state index is -4.64. The van der Waals surface area contributed by atoms with Crippen LogP contribution in [-0.4, -0.2) is 21.1 Å². The number of carbonyl (C=O) groups excluding carboxylic acids is 1. The van der Waals surface area contributed by atoms with Crippen LogP contribution in [-0.2, 0) is 20.9 Å². The van der Waals surface area contributed by atoms with Gasteiger partial charge in [0.15, 0.2) is 0 Å². The maximum atomic E-state index is 13.0. The molecular weight excluding hydrogens is 507 g/mol. The van der Waals surface area contributed by atoms with Crippen molar-refractivity contribution in [3.8, 4) is 11.1 Å². The number of hydrogen-bond donors (Lipinski definition) is 3. The van der Waals surface area contributed by atoms with Crippen molar-refractivity contribution in [3.05, 3.63) is 70.7 Å². The molecule has 12 heteroatoms. The molecule has 0 saturated heterocycles. The zero-order valence-corrected chi connectivity index (χ0v) is 20.1. The Morgan fingerprint density at radius 2 is 1.74 bits per heavy atom. The Kier molecular flexibility index (Phi) is 7.51. The fourth-order valence-corrected chi connectivity index (χ4v) is 4.61. The molecule has 3 aromatic rings. The average molecular weight is 528 g/mol. The van der Waals surface area contributed by atoms with Crippen LogP contribution in [0.25, 0.3) is 11.1 Å². The number of anilines is 3. The fourth-order valence-electron chi connectivity index (χ4n) is 3.23. The molecule has 0 aromatic heterocycles. The third kappa shape index (κ3) is 6.17. The van der Waals surface area contributed by atoms with Crippen LogP contribution in [0.15, 0.2) is 59.5 Å². The number of hydrogen-bond acceptors (Lipinski definition) is 6. The first-order chi connectivity index (χ1) is 16.3. The van der Waals surface area contributed by atoms with Crippen LogP contribution in [0.1, 0.15) is 18.1 Å². The molecule has 0 bridgehead atoms. The minimum absolute atomic E-state index is 0.00519. The van der Waals surface area contributed by atoms with Gasteiger partial charge in [0.25, 0.3) is 10.0 Å². The van der Waals surface area contributed by atoms with E-state index >= 15 is 0 Å². The van der Waals surface area contributed by atoms with E-state index in [0.29, 0.717) is 16.8 Å². The summed E-state index contributed by atoms with van der Waals surface area (Å²) < 4.78 is 71.1. The lowest BCUT2D eigenvalue weighted by molar-refractivity contribution is -0.137. The molecule has 0 aliphatic rings. The molecule has 7 nitrogen and oxygen atoms in total. The molecule has 0 fully saturated rings. The van der Waals surface area contributed by atoms with Gasteiger partial charge in [-0.2, -0.15) is 13.2 Å². The molecule has 0 unspecified atom stereocenters. The zero-order valence-electron chi connectivity index (χ0n) is 18.5. The number of halogens is 4. The summed E-state index contributed by atoms with van der Waals surface area (Å²) in [5.41, 5.74) is 6.86. The van der Waals surface area contributed by atoms with Gasteiger partial charge >= 0.3 is 12.3 Å². The average Bonchev–Trinajstić information content (AvgIpc) is 2.75. The lowest BCUT2D eigenvalue weighted by atomic mass is 10.0. The fraction of sp³-hybridized carbons (Fsp3) is 0.174. The molecule has 186 valence electrons. The molecule has 0 aliphatic carbocycles. The third-order valence-electron chi connectivity index (χ3n) is 4.84. The molecule has 0 radical (unpaired) electrons. The van der Waals surface area contributed by atoms with Crippen molar-refractivity contribution in [1.29, 1.82) is 0 Å². The van der Waals surface area contributed by atoms with Gasteiger partial charge in [-0.15, -0.1) is 0 Å². The lowest BCUT2D eigenvalue weighted by Crippen LogP contribution is -2.31. The number of aryl methyl sites for hydroxylation is 1. The summed E-state index contributed by atoms with van der Waals surface area (Å²) in [5.74, 6) is 0. The van der Waals surface area contributed by atoms with Crippen LogP contribution < -0.4 is 15.8 Å². The number of nitrogens with two attached hydrogens (primary N) is 1. The highest BCUT2D eigenvalue weighted by atomic mass is 35.5. The Labute approximate surface area is 205 Å². The van der Waals surface area contributed by atoms with Crippen LogP contribution >= 0.6 is 11.6 Å². The zero-order chi connectivity index (χ0) is 26.0. The SMILES string of the molecule is CCOC(=O)NS(=O)(=O)c1ccc(C)cc1-c1ccc(Nc2cc(Cl)c(C(F)(F)F)cc2N)cc1. The summed E-state index contributed by atoms with van der Waals surface area (Å²) in [7, 11) is -4.23. The summed E-state index contributed by atoms with van der Waals surface area (Å²) in [6, 6.07) is 12.9. The lowest BCUT2D eigenvalue weighted by Gasteiger charge is -2.15. The first kappa shape index (κ1) is 26.2. The molecule has 1 amide bonds. The molecule has 0 spiro atoms. The van der Waals surface area contributed by atoms with Gasteiger partial charge < -0.3 is 15.8 Å². The first-order valence-electron chi connectivity index (χ1n) is 10.2. The Bertz CT molecular complexity index is 1360. The summed E-state index contributed by atoms with van der Waals surface area (Å²) in [6.45, 7) is 3.34. The number of nitrogen functional groups attached to an aromatic ring is 1. The Hall–Kier alpha value is -3.44. The van der Waals surface area contributed by atoms with Gasteiger partial charge in [-0.1, -0.05) is 41.4 Å². The highest BCUT2D eigenvalue weighted by molar-refractivity contribution is 7.90. The smallest absolute Gasteiger partial charge is 0.421 e. The largest absolute Gasteiger partial charge is 0.449 e. The second kappa shape index (κ2) is 10.0. The predicted molar refractivity (Wildman–Crippen MR) is 128 cm³/mol. The molecule has 0 aliphatic heterocycles. The summed E-state index contributed by atoms with van der Waals surface area (Å²) >= 11 is 5.78. The van der Waals surface area contributed by atoms with Crippen LogP contribution in [0, 0.1) is 6.92 Å². The number of ether oxygens (including phenoxy) is 1. The van der Waals surface area contributed by atoms with E-state index in [1.54, 1.807) is 50.2 Å². The van der Waals surface area contributed by atoms with Gasteiger partial charge in [0.2, 0.25) is 0 Å². The molecule has 3 aromatic carbocycles. The molecule has 0 heterocycles. The molecule has 4 N–H and O–H groups in total. The monoisotopic (exact) mass is 527 g/mol. The maximum absolute atomic E-state index is 13.0. The number of rotatable bonds is 6. The van der Waals surface area contributed by atoms with Gasteiger partial charge in [0, 0.05) is 11.3 Å². The van der Waals surface area contributed by atoms with Gasteiger partial charge in [-0.3, -0.25) is 0 Å². The van der Waals surface area contributed by atoms with Crippen LogP contribution in [0.2, 0.25) is 5.02 Å². The van der Waals surface area contributed by atoms with Crippen molar-refractivity contribution >= 4 is 44.8 Å². The summed E-state index contributed by atoms with van der Waals surface area (Å²) in [5, 5.41) is 2.39.